The second-order valence-electron chi connectivity index (χ2n) is 7.21. The third-order valence-corrected chi connectivity index (χ3v) is 5.21. The lowest BCUT2D eigenvalue weighted by molar-refractivity contribution is 0.0742. The average Bonchev–Trinajstić information content (AvgIpc) is 2.79. The van der Waals surface area contributed by atoms with Gasteiger partial charge in [0.15, 0.2) is 0 Å². The Labute approximate surface area is 174 Å². The van der Waals surface area contributed by atoms with Gasteiger partial charge in [-0.3, -0.25) is 4.79 Å². The zero-order valence-corrected chi connectivity index (χ0v) is 16.5. The summed E-state index contributed by atoms with van der Waals surface area (Å²) in [5.41, 5.74) is 2.39. The maximum absolute atomic E-state index is 13.1. The van der Waals surface area contributed by atoms with Gasteiger partial charge < -0.3 is 19.6 Å². The van der Waals surface area contributed by atoms with Crippen LogP contribution in [0.3, 0.4) is 0 Å². The second-order valence-corrected chi connectivity index (χ2v) is 7.21. The molecule has 3 aromatic rings. The summed E-state index contributed by atoms with van der Waals surface area (Å²) in [7, 11) is 0. The van der Waals surface area contributed by atoms with Crippen molar-refractivity contribution in [2.45, 2.75) is 6.61 Å². The fourth-order valence-corrected chi connectivity index (χ4v) is 3.51. The summed E-state index contributed by atoms with van der Waals surface area (Å²) in [5, 5.41) is 9.45. The Bertz CT molecular complexity index is 998. The Morgan fingerprint density at radius 3 is 2.27 bits per heavy atom. The quantitative estimate of drug-likeness (QED) is 0.694. The molecule has 3 aromatic carbocycles. The van der Waals surface area contributed by atoms with Gasteiger partial charge in [0.1, 0.15) is 23.9 Å². The fraction of sp³-hybridized carbons (Fsp3) is 0.208. The van der Waals surface area contributed by atoms with E-state index in [2.05, 4.69) is 4.90 Å². The lowest BCUT2D eigenvalue weighted by Crippen LogP contribution is -2.48. The maximum Gasteiger partial charge on any atom is 0.257 e. The van der Waals surface area contributed by atoms with Gasteiger partial charge >= 0.3 is 0 Å². The number of phenolic OH excluding ortho intramolecular Hbond substituents is 1. The molecule has 1 saturated heterocycles. The molecule has 0 radical (unpaired) electrons. The molecule has 1 aliphatic rings. The van der Waals surface area contributed by atoms with Gasteiger partial charge in [0.2, 0.25) is 0 Å². The molecule has 1 N–H and O–H groups in total. The number of para-hydroxylation sites is 1. The van der Waals surface area contributed by atoms with Crippen molar-refractivity contribution in [1.82, 2.24) is 4.90 Å². The highest BCUT2D eigenvalue weighted by Gasteiger charge is 2.24. The Morgan fingerprint density at radius 1 is 0.900 bits per heavy atom. The molecule has 0 saturated carbocycles. The van der Waals surface area contributed by atoms with Crippen LogP contribution in [-0.2, 0) is 6.61 Å². The molecule has 1 heterocycles. The van der Waals surface area contributed by atoms with Crippen LogP contribution in [0, 0.1) is 5.82 Å². The Morgan fingerprint density at radius 2 is 1.57 bits per heavy atom. The first-order valence-electron chi connectivity index (χ1n) is 9.90. The van der Waals surface area contributed by atoms with Gasteiger partial charge in [-0.2, -0.15) is 0 Å². The molecule has 0 aliphatic carbocycles. The van der Waals surface area contributed by atoms with Crippen molar-refractivity contribution in [3.8, 4) is 11.5 Å². The SMILES string of the molecule is O=C(c1ccccc1OCc1ccc(F)cc1)N1CCN(c2ccc(O)cc2)CC1. The van der Waals surface area contributed by atoms with Crippen molar-refractivity contribution < 1.29 is 19.0 Å². The highest BCUT2D eigenvalue weighted by atomic mass is 19.1. The number of halogens is 1. The van der Waals surface area contributed by atoms with Crippen molar-refractivity contribution in [3.05, 3.63) is 89.7 Å². The van der Waals surface area contributed by atoms with Crippen molar-refractivity contribution in [2.75, 3.05) is 31.1 Å². The van der Waals surface area contributed by atoms with E-state index in [1.54, 1.807) is 36.4 Å². The number of hydrogen-bond acceptors (Lipinski definition) is 4. The fourth-order valence-electron chi connectivity index (χ4n) is 3.51. The van der Waals surface area contributed by atoms with Gasteiger partial charge in [0, 0.05) is 31.9 Å². The molecule has 0 unspecified atom stereocenters. The predicted molar refractivity (Wildman–Crippen MR) is 113 cm³/mol. The van der Waals surface area contributed by atoms with E-state index in [4.69, 9.17) is 4.74 Å². The molecule has 154 valence electrons. The van der Waals surface area contributed by atoms with E-state index in [1.165, 1.54) is 12.1 Å². The largest absolute Gasteiger partial charge is 0.508 e. The number of carbonyl (C=O) groups is 1. The number of ether oxygens (including phenoxy) is 1. The summed E-state index contributed by atoms with van der Waals surface area (Å²) in [4.78, 5) is 17.1. The molecular formula is C24H23FN2O3. The normalized spacial score (nSPS) is 13.9. The molecule has 0 aromatic heterocycles. The highest BCUT2D eigenvalue weighted by molar-refractivity contribution is 5.97. The van der Waals surface area contributed by atoms with E-state index in [-0.39, 0.29) is 24.1 Å². The van der Waals surface area contributed by atoms with E-state index in [0.29, 0.717) is 24.4 Å². The Balaban J connectivity index is 1.40. The van der Waals surface area contributed by atoms with Crippen LogP contribution in [0.5, 0.6) is 11.5 Å². The van der Waals surface area contributed by atoms with Crippen LogP contribution in [0.15, 0.2) is 72.8 Å². The lowest BCUT2D eigenvalue weighted by Gasteiger charge is -2.36. The number of rotatable bonds is 5. The summed E-state index contributed by atoms with van der Waals surface area (Å²) < 4.78 is 18.9. The molecular weight excluding hydrogens is 383 g/mol. The van der Waals surface area contributed by atoms with Crippen molar-refractivity contribution in [2.24, 2.45) is 0 Å². The third kappa shape index (κ3) is 4.54. The van der Waals surface area contributed by atoms with Crippen LogP contribution < -0.4 is 9.64 Å². The summed E-state index contributed by atoms with van der Waals surface area (Å²) in [5.74, 6) is 0.411. The molecule has 1 fully saturated rings. The highest BCUT2D eigenvalue weighted by Crippen LogP contribution is 2.24. The number of amides is 1. The van der Waals surface area contributed by atoms with Gasteiger partial charge in [-0.15, -0.1) is 0 Å². The standard InChI is InChI=1S/C24H23FN2O3/c25-19-7-5-18(6-8-19)17-30-23-4-2-1-3-22(23)24(29)27-15-13-26(14-16-27)20-9-11-21(28)12-10-20/h1-12,28H,13-17H2. The summed E-state index contributed by atoms with van der Waals surface area (Å²) >= 11 is 0. The molecule has 1 amide bonds. The minimum Gasteiger partial charge on any atom is -0.508 e. The number of anilines is 1. The van der Waals surface area contributed by atoms with Crippen LogP contribution in [0.25, 0.3) is 0 Å². The lowest BCUT2D eigenvalue weighted by atomic mass is 10.1. The van der Waals surface area contributed by atoms with Gasteiger partial charge in [-0.25, -0.2) is 4.39 Å². The summed E-state index contributed by atoms with van der Waals surface area (Å²) in [6, 6.07) is 20.4. The first-order valence-corrected chi connectivity index (χ1v) is 9.90. The van der Waals surface area contributed by atoms with E-state index in [0.717, 1.165) is 24.3 Å². The number of benzene rings is 3. The molecule has 0 bridgehead atoms. The predicted octanol–water partition coefficient (Wildman–Crippen LogP) is 4.07. The average molecular weight is 406 g/mol. The smallest absolute Gasteiger partial charge is 0.257 e. The molecule has 1 aliphatic heterocycles. The molecule has 5 nitrogen and oxygen atoms in total. The van der Waals surface area contributed by atoms with E-state index in [1.807, 2.05) is 29.2 Å². The maximum atomic E-state index is 13.1. The molecule has 6 heteroatoms. The molecule has 0 atom stereocenters. The minimum atomic E-state index is -0.291. The van der Waals surface area contributed by atoms with Crippen LogP contribution >= 0.6 is 0 Å². The van der Waals surface area contributed by atoms with Gasteiger partial charge in [0.05, 0.1) is 5.56 Å². The molecule has 4 rings (SSSR count). The number of nitrogens with zero attached hydrogens (tertiary/aromatic N) is 2. The third-order valence-electron chi connectivity index (χ3n) is 5.21. The Hall–Kier alpha value is -3.54. The van der Waals surface area contributed by atoms with E-state index < -0.39 is 0 Å². The van der Waals surface area contributed by atoms with Crippen LogP contribution in [0.2, 0.25) is 0 Å². The van der Waals surface area contributed by atoms with Gasteiger partial charge in [-0.05, 0) is 54.1 Å². The number of carbonyl (C=O) groups excluding carboxylic acids is 1. The van der Waals surface area contributed by atoms with E-state index >= 15 is 0 Å². The van der Waals surface area contributed by atoms with E-state index in [9.17, 15) is 14.3 Å². The van der Waals surface area contributed by atoms with Crippen molar-refractivity contribution in [3.63, 3.8) is 0 Å². The first-order chi connectivity index (χ1) is 14.6. The van der Waals surface area contributed by atoms with Gasteiger partial charge in [-0.1, -0.05) is 24.3 Å². The Kier molecular flexibility index (Phi) is 5.84. The summed E-state index contributed by atoms with van der Waals surface area (Å²) in [6.07, 6.45) is 0. The first kappa shape index (κ1) is 19.8. The molecule has 0 spiro atoms. The number of piperazine rings is 1. The van der Waals surface area contributed by atoms with Crippen LogP contribution in [-0.4, -0.2) is 42.1 Å². The zero-order valence-electron chi connectivity index (χ0n) is 16.5. The van der Waals surface area contributed by atoms with Crippen molar-refractivity contribution >= 4 is 11.6 Å². The minimum absolute atomic E-state index is 0.0601. The number of hydrogen-bond donors (Lipinski definition) is 1. The van der Waals surface area contributed by atoms with Crippen LogP contribution in [0.4, 0.5) is 10.1 Å². The molecule has 30 heavy (non-hydrogen) atoms. The number of phenols is 1. The topological polar surface area (TPSA) is 53.0 Å². The van der Waals surface area contributed by atoms with Crippen molar-refractivity contribution in [1.29, 1.82) is 0 Å². The number of aromatic hydroxyl groups is 1. The van der Waals surface area contributed by atoms with Crippen LogP contribution in [0.1, 0.15) is 15.9 Å². The monoisotopic (exact) mass is 406 g/mol. The second kappa shape index (κ2) is 8.86. The van der Waals surface area contributed by atoms with Gasteiger partial charge in [0.25, 0.3) is 5.91 Å². The summed E-state index contributed by atoms with van der Waals surface area (Å²) in [6.45, 7) is 2.90. The zero-order chi connectivity index (χ0) is 20.9.